The van der Waals surface area contributed by atoms with Crippen LogP contribution in [-0.2, 0) is 9.59 Å². The Morgan fingerprint density at radius 2 is 2.00 bits per heavy atom. The Hall–Kier alpha value is -1.43. The molecule has 4 nitrogen and oxygen atoms in total. The van der Waals surface area contributed by atoms with E-state index in [1.165, 1.54) is 12.1 Å². The Kier molecular flexibility index (Phi) is 4.19. The van der Waals surface area contributed by atoms with E-state index >= 15 is 0 Å². The summed E-state index contributed by atoms with van der Waals surface area (Å²) in [6.07, 6.45) is 1.42. The van der Waals surface area contributed by atoms with Crippen LogP contribution >= 0.6 is 15.9 Å². The van der Waals surface area contributed by atoms with Crippen molar-refractivity contribution in [3.05, 3.63) is 28.5 Å². The lowest BCUT2D eigenvalue weighted by molar-refractivity contribution is -0.141. The van der Waals surface area contributed by atoms with E-state index in [4.69, 9.17) is 5.11 Å². The van der Waals surface area contributed by atoms with E-state index in [1.54, 1.807) is 6.07 Å². The van der Waals surface area contributed by atoms with Crippen molar-refractivity contribution >= 4 is 33.5 Å². The summed E-state index contributed by atoms with van der Waals surface area (Å²) >= 11 is 3.03. The van der Waals surface area contributed by atoms with Gasteiger partial charge in [0.15, 0.2) is 0 Å². The number of nitrogens with one attached hydrogen (secondary N) is 1. The first-order valence-electron chi connectivity index (χ1n) is 5.96. The lowest BCUT2D eigenvalue weighted by atomic mass is 10.0. The molecule has 0 unspecified atom stereocenters. The van der Waals surface area contributed by atoms with Crippen molar-refractivity contribution in [1.29, 1.82) is 0 Å². The monoisotopic (exact) mass is 329 g/mol. The molecular formula is C13H13BrFNO3. The van der Waals surface area contributed by atoms with Crippen LogP contribution in [-0.4, -0.2) is 17.0 Å². The zero-order valence-corrected chi connectivity index (χ0v) is 11.6. The van der Waals surface area contributed by atoms with Gasteiger partial charge in [0, 0.05) is 11.6 Å². The van der Waals surface area contributed by atoms with Crippen LogP contribution < -0.4 is 5.32 Å². The van der Waals surface area contributed by atoms with Crippen molar-refractivity contribution in [3.8, 4) is 0 Å². The van der Waals surface area contributed by atoms with E-state index in [0.717, 1.165) is 0 Å². The van der Waals surface area contributed by atoms with Crippen LogP contribution in [0, 0.1) is 17.7 Å². The number of anilines is 1. The lowest BCUT2D eigenvalue weighted by Crippen LogP contribution is -2.21. The van der Waals surface area contributed by atoms with E-state index in [2.05, 4.69) is 21.2 Å². The second kappa shape index (κ2) is 5.69. The second-order valence-corrected chi connectivity index (χ2v) is 5.52. The highest BCUT2D eigenvalue weighted by atomic mass is 79.9. The molecule has 1 aliphatic carbocycles. The van der Waals surface area contributed by atoms with Crippen molar-refractivity contribution in [1.82, 2.24) is 0 Å². The van der Waals surface area contributed by atoms with E-state index in [-0.39, 0.29) is 11.8 Å². The number of halogens is 2. The van der Waals surface area contributed by atoms with Gasteiger partial charge >= 0.3 is 5.97 Å². The molecule has 0 aromatic heterocycles. The zero-order valence-electron chi connectivity index (χ0n) is 10.0. The first kappa shape index (κ1) is 14.0. The number of carbonyl (C=O) groups is 2. The molecule has 0 saturated heterocycles. The molecule has 0 aliphatic heterocycles. The molecule has 2 N–H and O–H groups in total. The summed E-state index contributed by atoms with van der Waals surface area (Å²) in [5.74, 6) is -2.31. The highest BCUT2D eigenvalue weighted by Crippen LogP contribution is 2.32. The van der Waals surface area contributed by atoms with Crippen LogP contribution in [0.1, 0.15) is 19.3 Å². The first-order valence-corrected chi connectivity index (χ1v) is 6.75. The topological polar surface area (TPSA) is 66.4 Å². The molecule has 1 saturated carbocycles. The smallest absolute Gasteiger partial charge is 0.306 e. The minimum Gasteiger partial charge on any atom is -0.481 e. The summed E-state index contributed by atoms with van der Waals surface area (Å²) in [7, 11) is 0. The van der Waals surface area contributed by atoms with Crippen molar-refractivity contribution in [3.63, 3.8) is 0 Å². The molecule has 1 fully saturated rings. The van der Waals surface area contributed by atoms with Crippen molar-refractivity contribution in [2.45, 2.75) is 19.3 Å². The summed E-state index contributed by atoms with van der Waals surface area (Å²) in [5.41, 5.74) is 0.379. The zero-order chi connectivity index (χ0) is 14.0. The van der Waals surface area contributed by atoms with Gasteiger partial charge in [-0.05, 0) is 53.4 Å². The van der Waals surface area contributed by atoms with Crippen molar-refractivity contribution in [2.24, 2.45) is 11.8 Å². The van der Waals surface area contributed by atoms with E-state index in [1.807, 2.05) is 0 Å². The average molecular weight is 330 g/mol. The van der Waals surface area contributed by atoms with Crippen LogP contribution in [0.3, 0.4) is 0 Å². The molecular weight excluding hydrogens is 317 g/mol. The molecule has 0 radical (unpaired) electrons. The molecule has 0 bridgehead atoms. The fraction of sp³-hybridized carbons (Fsp3) is 0.385. The SMILES string of the molecule is O=C(O)[C@@H]1CC[C@H](C(=O)Nc2ccc(Br)c(F)c2)C1. The van der Waals surface area contributed by atoms with Crippen molar-refractivity contribution in [2.75, 3.05) is 5.32 Å². The van der Waals surface area contributed by atoms with E-state index in [9.17, 15) is 14.0 Å². The van der Waals surface area contributed by atoms with Gasteiger partial charge in [-0.2, -0.15) is 0 Å². The Morgan fingerprint density at radius 1 is 1.32 bits per heavy atom. The lowest BCUT2D eigenvalue weighted by Gasteiger charge is -2.11. The molecule has 2 rings (SSSR count). The van der Waals surface area contributed by atoms with Crippen molar-refractivity contribution < 1.29 is 19.1 Å². The maximum Gasteiger partial charge on any atom is 0.306 e. The third-order valence-corrected chi connectivity index (χ3v) is 3.98. The molecule has 2 atom stereocenters. The molecule has 0 spiro atoms. The quantitative estimate of drug-likeness (QED) is 0.895. The Labute approximate surface area is 118 Å². The summed E-state index contributed by atoms with van der Waals surface area (Å²) in [4.78, 5) is 22.8. The number of carboxylic acid groups (broad SMARTS) is 1. The third-order valence-electron chi connectivity index (χ3n) is 3.34. The molecule has 1 aromatic carbocycles. The Morgan fingerprint density at radius 3 is 2.58 bits per heavy atom. The Balaban J connectivity index is 1.98. The number of hydrogen-bond donors (Lipinski definition) is 2. The van der Waals surface area contributed by atoms with Gasteiger partial charge in [-0.15, -0.1) is 0 Å². The summed E-state index contributed by atoms with van der Waals surface area (Å²) in [6.45, 7) is 0. The van der Waals surface area contributed by atoms with Crippen LogP contribution in [0.15, 0.2) is 22.7 Å². The van der Waals surface area contributed by atoms with Gasteiger partial charge in [0.05, 0.1) is 10.4 Å². The summed E-state index contributed by atoms with van der Waals surface area (Å²) in [5, 5.41) is 11.5. The molecule has 102 valence electrons. The fourth-order valence-electron chi connectivity index (χ4n) is 2.26. The summed E-state index contributed by atoms with van der Waals surface area (Å²) < 4.78 is 13.6. The van der Waals surface area contributed by atoms with Gasteiger partial charge in [0.25, 0.3) is 0 Å². The standard InChI is InChI=1S/C13H13BrFNO3/c14-10-4-3-9(6-11(10)15)16-12(17)7-1-2-8(5-7)13(18)19/h3-4,6-8H,1-2,5H2,(H,16,17)(H,18,19)/t7-,8+/m0/s1. The predicted molar refractivity (Wildman–Crippen MR) is 71.2 cm³/mol. The highest BCUT2D eigenvalue weighted by Gasteiger charge is 2.33. The van der Waals surface area contributed by atoms with Crippen LogP contribution in [0.4, 0.5) is 10.1 Å². The molecule has 1 amide bonds. The second-order valence-electron chi connectivity index (χ2n) is 4.66. The number of carbonyl (C=O) groups excluding carboxylic acids is 1. The predicted octanol–water partition coefficient (Wildman–Crippen LogP) is 3.03. The number of amides is 1. The molecule has 19 heavy (non-hydrogen) atoms. The number of rotatable bonds is 3. The summed E-state index contributed by atoms with van der Waals surface area (Å²) in [6, 6.07) is 4.33. The maximum atomic E-state index is 13.3. The van der Waals surface area contributed by atoms with Gasteiger partial charge in [-0.3, -0.25) is 9.59 Å². The highest BCUT2D eigenvalue weighted by molar-refractivity contribution is 9.10. The molecule has 1 aromatic rings. The molecule has 1 aliphatic rings. The number of hydrogen-bond acceptors (Lipinski definition) is 2. The van der Waals surface area contributed by atoms with Gasteiger partial charge in [-0.1, -0.05) is 0 Å². The minimum atomic E-state index is -0.856. The van der Waals surface area contributed by atoms with E-state index < -0.39 is 17.7 Å². The number of carboxylic acids is 1. The first-order chi connectivity index (χ1) is 8.97. The van der Waals surface area contributed by atoms with E-state index in [0.29, 0.717) is 29.4 Å². The number of benzene rings is 1. The van der Waals surface area contributed by atoms with Gasteiger partial charge in [0.1, 0.15) is 5.82 Å². The Bertz CT molecular complexity index is 521. The van der Waals surface area contributed by atoms with Crippen LogP contribution in [0.5, 0.6) is 0 Å². The van der Waals surface area contributed by atoms with Gasteiger partial charge in [0.2, 0.25) is 5.91 Å². The fourth-order valence-corrected chi connectivity index (χ4v) is 2.51. The van der Waals surface area contributed by atoms with Crippen LogP contribution in [0.25, 0.3) is 0 Å². The molecule has 6 heteroatoms. The van der Waals surface area contributed by atoms with Gasteiger partial charge < -0.3 is 10.4 Å². The minimum absolute atomic E-state index is 0.245. The normalized spacial score (nSPS) is 22.2. The molecule has 0 heterocycles. The largest absolute Gasteiger partial charge is 0.481 e. The maximum absolute atomic E-state index is 13.3. The number of aliphatic carboxylic acids is 1. The average Bonchev–Trinajstić information content (AvgIpc) is 2.83. The third kappa shape index (κ3) is 3.32. The van der Waals surface area contributed by atoms with Gasteiger partial charge in [-0.25, -0.2) is 4.39 Å². The van der Waals surface area contributed by atoms with Crippen LogP contribution in [0.2, 0.25) is 0 Å².